The van der Waals surface area contributed by atoms with Gasteiger partial charge in [0.25, 0.3) is 0 Å². The normalized spacial score (nSPS) is 9.31. The molecule has 1 rings (SSSR count). The van der Waals surface area contributed by atoms with E-state index in [-0.39, 0.29) is 28.2 Å². The lowest BCUT2D eigenvalue weighted by Gasteiger charge is -2.06. The minimum absolute atomic E-state index is 0.0685. The fourth-order valence-corrected chi connectivity index (χ4v) is 1.52. The molecule has 5 heteroatoms. The Morgan fingerprint density at radius 3 is 2.81 bits per heavy atom. The summed E-state index contributed by atoms with van der Waals surface area (Å²) in [6, 6.07) is 4.61. The molecule has 0 bridgehead atoms. The molecule has 0 N–H and O–H groups in total. The SMILES string of the molecule is CCOC(=O)c1cc(C=O)cc(S)c1C#N. The summed E-state index contributed by atoms with van der Waals surface area (Å²) in [4.78, 5) is 22.4. The van der Waals surface area contributed by atoms with Crippen molar-refractivity contribution in [2.24, 2.45) is 0 Å². The fraction of sp³-hybridized carbons (Fsp3) is 0.182. The molecule has 1 aromatic carbocycles. The van der Waals surface area contributed by atoms with E-state index in [0.717, 1.165) is 0 Å². The number of rotatable bonds is 3. The molecule has 0 atom stereocenters. The van der Waals surface area contributed by atoms with Crippen molar-refractivity contribution in [3.8, 4) is 6.07 Å². The van der Waals surface area contributed by atoms with Crippen LogP contribution in [0.4, 0.5) is 0 Å². The third kappa shape index (κ3) is 2.41. The summed E-state index contributed by atoms with van der Waals surface area (Å²) in [5.41, 5.74) is 0.471. The van der Waals surface area contributed by atoms with Crippen LogP contribution in [0.15, 0.2) is 17.0 Å². The summed E-state index contributed by atoms with van der Waals surface area (Å²) in [7, 11) is 0. The number of benzene rings is 1. The average Bonchev–Trinajstić information content (AvgIpc) is 2.28. The number of nitriles is 1. The molecule has 4 nitrogen and oxygen atoms in total. The number of thiol groups is 1. The first-order valence-electron chi connectivity index (χ1n) is 4.53. The minimum atomic E-state index is -0.627. The van der Waals surface area contributed by atoms with E-state index >= 15 is 0 Å². The summed E-state index contributed by atoms with van der Waals surface area (Å²) in [5.74, 6) is -0.627. The summed E-state index contributed by atoms with van der Waals surface area (Å²) in [5, 5.41) is 8.88. The van der Waals surface area contributed by atoms with Crippen molar-refractivity contribution in [3.63, 3.8) is 0 Å². The van der Waals surface area contributed by atoms with Crippen LogP contribution in [-0.2, 0) is 4.74 Å². The van der Waals surface area contributed by atoms with Gasteiger partial charge in [0.15, 0.2) is 0 Å². The van der Waals surface area contributed by atoms with Crippen molar-refractivity contribution in [2.75, 3.05) is 6.61 Å². The molecular formula is C11H9NO3S. The van der Waals surface area contributed by atoms with Crippen LogP contribution in [0.25, 0.3) is 0 Å². The van der Waals surface area contributed by atoms with Gasteiger partial charge in [-0.25, -0.2) is 4.79 Å². The number of carbonyl (C=O) groups excluding carboxylic acids is 2. The predicted octanol–water partition coefficient (Wildman–Crippen LogP) is 1.84. The first-order valence-corrected chi connectivity index (χ1v) is 4.98. The first kappa shape index (κ1) is 12.3. The Labute approximate surface area is 98.2 Å². The van der Waals surface area contributed by atoms with Crippen LogP contribution in [-0.4, -0.2) is 18.9 Å². The lowest BCUT2D eigenvalue weighted by molar-refractivity contribution is 0.0525. The largest absolute Gasteiger partial charge is 0.462 e. The monoisotopic (exact) mass is 235 g/mol. The van der Waals surface area contributed by atoms with E-state index in [1.54, 1.807) is 6.92 Å². The zero-order chi connectivity index (χ0) is 12.1. The number of hydrogen-bond donors (Lipinski definition) is 1. The molecule has 0 amide bonds. The number of esters is 1. The van der Waals surface area contributed by atoms with Crippen LogP contribution >= 0.6 is 12.6 Å². The van der Waals surface area contributed by atoms with Gasteiger partial charge in [-0.1, -0.05) is 0 Å². The Morgan fingerprint density at radius 1 is 1.62 bits per heavy atom. The van der Waals surface area contributed by atoms with Gasteiger partial charge in [0, 0.05) is 10.5 Å². The molecule has 0 aliphatic rings. The average molecular weight is 235 g/mol. The third-order valence-corrected chi connectivity index (χ3v) is 2.24. The molecular weight excluding hydrogens is 226 g/mol. The van der Waals surface area contributed by atoms with Crippen LogP contribution in [0.3, 0.4) is 0 Å². The van der Waals surface area contributed by atoms with E-state index in [0.29, 0.717) is 6.29 Å². The summed E-state index contributed by atoms with van der Waals surface area (Å²) < 4.78 is 4.78. The smallest absolute Gasteiger partial charge is 0.339 e. The number of carbonyl (C=O) groups is 2. The quantitative estimate of drug-likeness (QED) is 0.493. The zero-order valence-electron chi connectivity index (χ0n) is 8.56. The van der Waals surface area contributed by atoms with Gasteiger partial charge in [-0.2, -0.15) is 5.26 Å². The molecule has 1 aromatic rings. The van der Waals surface area contributed by atoms with E-state index in [4.69, 9.17) is 10.00 Å². The summed E-state index contributed by atoms with van der Waals surface area (Å²) >= 11 is 4.04. The Bertz CT molecular complexity index is 477. The highest BCUT2D eigenvalue weighted by molar-refractivity contribution is 7.80. The Balaban J connectivity index is 3.35. The highest BCUT2D eigenvalue weighted by atomic mass is 32.1. The Hall–Kier alpha value is -1.80. The molecule has 82 valence electrons. The van der Waals surface area contributed by atoms with Crippen LogP contribution in [0, 0.1) is 11.3 Å². The molecule has 16 heavy (non-hydrogen) atoms. The van der Waals surface area contributed by atoms with Gasteiger partial charge in [0.05, 0.1) is 17.7 Å². The van der Waals surface area contributed by atoms with Gasteiger partial charge in [-0.3, -0.25) is 4.79 Å². The summed E-state index contributed by atoms with van der Waals surface area (Å²) in [6.45, 7) is 1.87. The molecule has 0 heterocycles. The first-order chi connectivity index (χ1) is 7.63. The van der Waals surface area contributed by atoms with Gasteiger partial charge in [-0.05, 0) is 19.1 Å². The zero-order valence-corrected chi connectivity index (χ0v) is 9.45. The van der Waals surface area contributed by atoms with Crippen LogP contribution in [0.2, 0.25) is 0 Å². The van der Waals surface area contributed by atoms with Crippen molar-refractivity contribution < 1.29 is 14.3 Å². The van der Waals surface area contributed by atoms with E-state index in [9.17, 15) is 9.59 Å². The number of nitrogens with zero attached hydrogens (tertiary/aromatic N) is 1. The highest BCUT2D eigenvalue weighted by Gasteiger charge is 2.16. The molecule has 0 aliphatic heterocycles. The second-order valence-corrected chi connectivity index (χ2v) is 3.39. The van der Waals surface area contributed by atoms with Crippen LogP contribution < -0.4 is 0 Å². The molecule has 0 saturated carbocycles. The van der Waals surface area contributed by atoms with Crippen LogP contribution in [0.1, 0.15) is 33.2 Å². The predicted molar refractivity (Wildman–Crippen MR) is 59.8 cm³/mol. The number of aldehydes is 1. The Kier molecular flexibility index (Phi) is 4.09. The maximum atomic E-state index is 11.5. The van der Waals surface area contributed by atoms with Crippen molar-refractivity contribution in [1.29, 1.82) is 5.26 Å². The second-order valence-electron chi connectivity index (χ2n) is 2.91. The lowest BCUT2D eigenvalue weighted by atomic mass is 10.1. The van der Waals surface area contributed by atoms with Gasteiger partial charge in [0.2, 0.25) is 0 Å². The van der Waals surface area contributed by atoms with E-state index in [1.165, 1.54) is 12.1 Å². The van der Waals surface area contributed by atoms with Gasteiger partial charge < -0.3 is 4.74 Å². The van der Waals surface area contributed by atoms with Crippen molar-refractivity contribution in [2.45, 2.75) is 11.8 Å². The molecule has 0 fully saturated rings. The van der Waals surface area contributed by atoms with Crippen molar-refractivity contribution >= 4 is 24.9 Å². The van der Waals surface area contributed by atoms with E-state index in [2.05, 4.69) is 12.6 Å². The maximum absolute atomic E-state index is 11.5. The van der Waals surface area contributed by atoms with Gasteiger partial charge in [0.1, 0.15) is 12.4 Å². The molecule has 0 spiro atoms. The second kappa shape index (κ2) is 5.33. The van der Waals surface area contributed by atoms with Crippen molar-refractivity contribution in [3.05, 3.63) is 28.8 Å². The number of hydrogen-bond acceptors (Lipinski definition) is 5. The van der Waals surface area contributed by atoms with Crippen LogP contribution in [0.5, 0.6) is 0 Å². The van der Waals surface area contributed by atoms with Crippen molar-refractivity contribution in [1.82, 2.24) is 0 Å². The summed E-state index contributed by atoms with van der Waals surface area (Å²) in [6.07, 6.45) is 0.587. The van der Waals surface area contributed by atoms with Gasteiger partial charge in [-0.15, -0.1) is 12.6 Å². The molecule has 0 radical (unpaired) electrons. The highest BCUT2D eigenvalue weighted by Crippen LogP contribution is 2.20. The maximum Gasteiger partial charge on any atom is 0.339 e. The Morgan fingerprint density at radius 2 is 2.31 bits per heavy atom. The van der Waals surface area contributed by atoms with E-state index < -0.39 is 5.97 Å². The fourth-order valence-electron chi connectivity index (χ4n) is 1.20. The molecule has 0 saturated heterocycles. The molecule has 0 unspecified atom stereocenters. The number of ether oxygens (including phenoxy) is 1. The minimum Gasteiger partial charge on any atom is -0.462 e. The molecule has 0 aromatic heterocycles. The van der Waals surface area contributed by atoms with E-state index in [1.807, 2.05) is 6.07 Å². The third-order valence-electron chi connectivity index (χ3n) is 1.88. The molecule has 0 aliphatic carbocycles. The van der Waals surface area contributed by atoms with Gasteiger partial charge >= 0.3 is 5.97 Å². The topological polar surface area (TPSA) is 67.2 Å². The standard InChI is InChI=1S/C11H9NO3S/c1-2-15-11(14)8-3-7(6-13)4-10(16)9(8)5-12/h3-4,6,16H,2H2,1H3. The lowest BCUT2D eigenvalue weighted by Crippen LogP contribution is -2.08.